The number of carbonyl (C=O) groups is 2. The Labute approximate surface area is 187 Å². The lowest BCUT2D eigenvalue weighted by molar-refractivity contribution is -0.140. The summed E-state index contributed by atoms with van der Waals surface area (Å²) in [6.45, 7) is 5.22. The first kappa shape index (κ1) is 23.5. The fourth-order valence-electron chi connectivity index (χ4n) is 3.77. The number of hydrogen-bond donors (Lipinski definition) is 1. The number of amides is 1. The first-order valence-electron chi connectivity index (χ1n) is 10.7. The molecule has 1 N–H and O–H groups in total. The summed E-state index contributed by atoms with van der Waals surface area (Å²) in [4.78, 5) is 29.3. The molecule has 2 aromatic carbocycles. The molecule has 1 unspecified atom stereocenters. The summed E-state index contributed by atoms with van der Waals surface area (Å²) in [5.41, 5.74) is 1.73. The molecule has 1 aliphatic heterocycles. The van der Waals surface area contributed by atoms with E-state index in [0.717, 1.165) is 6.42 Å². The first-order chi connectivity index (χ1) is 15.2. The molecule has 1 saturated heterocycles. The molecule has 0 aromatic heterocycles. The minimum absolute atomic E-state index is 0.00527. The zero-order valence-electron chi connectivity index (χ0n) is 18.9. The van der Waals surface area contributed by atoms with E-state index in [2.05, 4.69) is 0 Å². The van der Waals surface area contributed by atoms with Crippen LogP contribution in [0.4, 0.5) is 4.39 Å². The SMILES string of the molecule is CCCOc1ccc(C(O)=C2C(=O)C(=O)N(CCN(C)C)C2c2ccc(F)cc2)c(C)c1. The van der Waals surface area contributed by atoms with Crippen LogP contribution >= 0.6 is 0 Å². The number of aliphatic hydroxyl groups is 1. The molecule has 0 aliphatic carbocycles. The molecular weight excluding hydrogens is 411 g/mol. The standard InChI is InChI=1S/C25H29FN2O4/c1-5-14-32-19-10-11-20(16(2)15-19)23(29)21-22(17-6-8-18(26)9-7-17)28(13-12-27(3)4)25(31)24(21)30/h6-11,15,22,29H,5,12-14H2,1-4H3. The molecule has 0 radical (unpaired) electrons. The molecule has 1 amide bonds. The van der Waals surface area contributed by atoms with Crippen LogP contribution in [0.2, 0.25) is 0 Å². The van der Waals surface area contributed by atoms with Crippen molar-refractivity contribution in [1.29, 1.82) is 0 Å². The fraction of sp³-hybridized carbons (Fsp3) is 0.360. The molecule has 6 nitrogen and oxygen atoms in total. The Morgan fingerprint density at radius 2 is 1.84 bits per heavy atom. The van der Waals surface area contributed by atoms with Crippen LogP contribution in [-0.2, 0) is 9.59 Å². The van der Waals surface area contributed by atoms with Crippen LogP contribution in [0.3, 0.4) is 0 Å². The molecule has 170 valence electrons. The maximum atomic E-state index is 13.6. The molecule has 1 heterocycles. The largest absolute Gasteiger partial charge is 0.507 e. The minimum Gasteiger partial charge on any atom is -0.507 e. The maximum Gasteiger partial charge on any atom is 0.295 e. The number of ketones is 1. The smallest absolute Gasteiger partial charge is 0.295 e. The van der Waals surface area contributed by atoms with E-state index in [1.54, 1.807) is 18.2 Å². The normalized spacial score (nSPS) is 17.9. The van der Waals surface area contributed by atoms with Gasteiger partial charge in [-0.2, -0.15) is 0 Å². The number of likely N-dealkylation sites (N-methyl/N-ethyl adjacent to an activating group) is 1. The van der Waals surface area contributed by atoms with Crippen LogP contribution in [0.25, 0.3) is 5.76 Å². The van der Waals surface area contributed by atoms with E-state index in [0.29, 0.717) is 42.1 Å². The highest BCUT2D eigenvalue weighted by molar-refractivity contribution is 6.46. The summed E-state index contributed by atoms with van der Waals surface area (Å²) >= 11 is 0. The number of Topliss-reactive ketones (excluding diaryl/α,β-unsaturated/α-hetero) is 1. The van der Waals surface area contributed by atoms with Gasteiger partial charge in [-0.05, 0) is 68.9 Å². The highest BCUT2D eigenvalue weighted by Gasteiger charge is 2.46. The summed E-state index contributed by atoms with van der Waals surface area (Å²) in [6, 6.07) is 10.1. The topological polar surface area (TPSA) is 70.1 Å². The number of rotatable bonds is 8. The predicted molar refractivity (Wildman–Crippen MR) is 121 cm³/mol. The summed E-state index contributed by atoms with van der Waals surface area (Å²) in [6.07, 6.45) is 0.870. The molecule has 0 bridgehead atoms. The minimum atomic E-state index is -0.800. The quantitative estimate of drug-likeness (QED) is 0.383. The van der Waals surface area contributed by atoms with Gasteiger partial charge in [-0.3, -0.25) is 9.59 Å². The Kier molecular flexibility index (Phi) is 7.30. The highest BCUT2D eigenvalue weighted by Crippen LogP contribution is 2.40. The van der Waals surface area contributed by atoms with Gasteiger partial charge >= 0.3 is 0 Å². The third-order valence-corrected chi connectivity index (χ3v) is 5.44. The number of hydrogen-bond acceptors (Lipinski definition) is 5. The van der Waals surface area contributed by atoms with Gasteiger partial charge in [-0.25, -0.2) is 4.39 Å². The number of likely N-dealkylation sites (tertiary alicyclic amines) is 1. The van der Waals surface area contributed by atoms with Crippen molar-refractivity contribution in [2.24, 2.45) is 0 Å². The molecule has 2 aromatic rings. The van der Waals surface area contributed by atoms with Gasteiger partial charge in [0.25, 0.3) is 11.7 Å². The summed E-state index contributed by atoms with van der Waals surface area (Å²) in [5, 5.41) is 11.2. The molecule has 0 saturated carbocycles. The lowest BCUT2D eigenvalue weighted by Crippen LogP contribution is -2.35. The van der Waals surface area contributed by atoms with Crippen LogP contribution in [-0.4, -0.2) is 60.4 Å². The number of aliphatic hydroxyl groups excluding tert-OH is 1. The Balaban J connectivity index is 2.10. The number of carbonyl (C=O) groups excluding carboxylic acids is 2. The number of benzene rings is 2. The number of halogens is 1. The second-order valence-electron chi connectivity index (χ2n) is 8.17. The Bertz CT molecular complexity index is 1030. The third kappa shape index (κ3) is 4.83. The zero-order valence-corrected chi connectivity index (χ0v) is 18.9. The van der Waals surface area contributed by atoms with Crippen molar-refractivity contribution in [3.8, 4) is 5.75 Å². The maximum absolute atomic E-state index is 13.6. The summed E-state index contributed by atoms with van der Waals surface area (Å²) in [7, 11) is 3.74. The van der Waals surface area contributed by atoms with E-state index in [1.807, 2.05) is 32.8 Å². The lowest BCUT2D eigenvalue weighted by atomic mass is 9.94. The van der Waals surface area contributed by atoms with E-state index in [4.69, 9.17) is 4.74 Å². The second kappa shape index (κ2) is 9.96. The molecule has 1 atom stereocenters. The number of nitrogens with zero attached hydrogens (tertiary/aromatic N) is 2. The molecular formula is C25H29FN2O4. The third-order valence-electron chi connectivity index (χ3n) is 5.44. The Hall–Kier alpha value is -3.19. The lowest BCUT2D eigenvalue weighted by Gasteiger charge is -2.26. The highest BCUT2D eigenvalue weighted by atomic mass is 19.1. The van der Waals surface area contributed by atoms with Gasteiger partial charge in [0, 0.05) is 18.7 Å². The average Bonchev–Trinajstić information content (AvgIpc) is 3.01. The van der Waals surface area contributed by atoms with E-state index >= 15 is 0 Å². The van der Waals surface area contributed by atoms with Crippen molar-refractivity contribution in [1.82, 2.24) is 9.80 Å². The number of aryl methyl sites for hydroxylation is 1. The number of ether oxygens (including phenoxy) is 1. The van der Waals surface area contributed by atoms with Crippen LogP contribution in [0, 0.1) is 12.7 Å². The molecule has 1 fully saturated rings. The van der Waals surface area contributed by atoms with E-state index in [-0.39, 0.29) is 11.3 Å². The van der Waals surface area contributed by atoms with Gasteiger partial charge in [-0.15, -0.1) is 0 Å². The molecule has 7 heteroatoms. The van der Waals surface area contributed by atoms with Crippen molar-refractivity contribution >= 4 is 17.4 Å². The molecule has 3 rings (SSSR count). The molecule has 0 spiro atoms. The Morgan fingerprint density at radius 1 is 1.16 bits per heavy atom. The van der Waals surface area contributed by atoms with Crippen LogP contribution < -0.4 is 4.74 Å². The van der Waals surface area contributed by atoms with E-state index in [1.165, 1.54) is 29.2 Å². The van der Waals surface area contributed by atoms with Crippen LogP contribution in [0.15, 0.2) is 48.0 Å². The van der Waals surface area contributed by atoms with E-state index < -0.39 is 23.5 Å². The van der Waals surface area contributed by atoms with Gasteiger partial charge in [0.05, 0.1) is 18.2 Å². The predicted octanol–water partition coefficient (Wildman–Crippen LogP) is 3.91. The van der Waals surface area contributed by atoms with Crippen molar-refractivity contribution in [3.05, 3.63) is 70.5 Å². The Morgan fingerprint density at radius 3 is 2.44 bits per heavy atom. The first-order valence-corrected chi connectivity index (χ1v) is 10.7. The van der Waals surface area contributed by atoms with Gasteiger partial charge in [0.1, 0.15) is 17.3 Å². The van der Waals surface area contributed by atoms with Crippen LogP contribution in [0.5, 0.6) is 5.75 Å². The molecule has 1 aliphatic rings. The van der Waals surface area contributed by atoms with Gasteiger partial charge in [0.2, 0.25) is 0 Å². The monoisotopic (exact) mass is 440 g/mol. The average molecular weight is 441 g/mol. The van der Waals surface area contributed by atoms with Crippen molar-refractivity contribution < 1.29 is 23.8 Å². The van der Waals surface area contributed by atoms with Gasteiger partial charge < -0.3 is 19.6 Å². The van der Waals surface area contributed by atoms with E-state index in [9.17, 15) is 19.1 Å². The van der Waals surface area contributed by atoms with Crippen molar-refractivity contribution in [2.75, 3.05) is 33.8 Å². The van der Waals surface area contributed by atoms with Crippen LogP contribution in [0.1, 0.15) is 36.1 Å². The summed E-state index contributed by atoms with van der Waals surface area (Å²) < 4.78 is 19.2. The molecule has 32 heavy (non-hydrogen) atoms. The fourth-order valence-corrected chi connectivity index (χ4v) is 3.77. The van der Waals surface area contributed by atoms with Crippen molar-refractivity contribution in [3.63, 3.8) is 0 Å². The van der Waals surface area contributed by atoms with Gasteiger partial charge in [0.15, 0.2) is 0 Å². The second-order valence-corrected chi connectivity index (χ2v) is 8.17. The zero-order chi connectivity index (χ0) is 23.4. The van der Waals surface area contributed by atoms with Gasteiger partial charge in [-0.1, -0.05) is 19.1 Å². The van der Waals surface area contributed by atoms with Crippen molar-refractivity contribution in [2.45, 2.75) is 26.3 Å². The summed E-state index contributed by atoms with van der Waals surface area (Å²) in [5.74, 6) is -1.42.